The summed E-state index contributed by atoms with van der Waals surface area (Å²) in [6.45, 7) is 0.0493. The summed E-state index contributed by atoms with van der Waals surface area (Å²) in [4.78, 5) is 42.7. The molecule has 2 aliphatic carbocycles. The van der Waals surface area contributed by atoms with Crippen molar-refractivity contribution < 1.29 is 18.8 Å². The Balaban J connectivity index is 1.37. The predicted molar refractivity (Wildman–Crippen MR) is 121 cm³/mol. The van der Waals surface area contributed by atoms with Crippen LogP contribution in [0.15, 0.2) is 48.5 Å². The van der Waals surface area contributed by atoms with E-state index in [1.54, 1.807) is 17.0 Å². The number of benzene rings is 2. The van der Waals surface area contributed by atoms with Crippen LogP contribution in [0.25, 0.3) is 0 Å². The van der Waals surface area contributed by atoms with Gasteiger partial charge in [0.25, 0.3) is 5.91 Å². The molecule has 2 fully saturated rings. The lowest BCUT2D eigenvalue weighted by Crippen LogP contribution is -2.48. The average molecular weight is 450 g/mol. The van der Waals surface area contributed by atoms with Gasteiger partial charge >= 0.3 is 6.03 Å². The Morgan fingerprint density at radius 3 is 2.55 bits per heavy atom. The molecule has 1 saturated heterocycles. The van der Waals surface area contributed by atoms with Crippen LogP contribution in [0.3, 0.4) is 0 Å². The van der Waals surface area contributed by atoms with Gasteiger partial charge < -0.3 is 10.2 Å². The number of aryl methyl sites for hydroxylation is 1. The van der Waals surface area contributed by atoms with Crippen molar-refractivity contribution in [2.24, 2.45) is 0 Å². The summed E-state index contributed by atoms with van der Waals surface area (Å²) in [5.74, 6) is -0.926. The molecule has 0 unspecified atom stereocenters. The number of urea groups is 1. The maximum atomic E-state index is 13.5. The summed E-state index contributed by atoms with van der Waals surface area (Å²) in [5.41, 5.74) is 1.64. The number of rotatable bonds is 5. The molecule has 2 aromatic carbocycles. The van der Waals surface area contributed by atoms with E-state index in [1.807, 2.05) is 24.3 Å². The van der Waals surface area contributed by atoms with E-state index in [4.69, 9.17) is 0 Å². The summed E-state index contributed by atoms with van der Waals surface area (Å²) < 4.78 is 13.4. The maximum Gasteiger partial charge on any atom is 0.325 e. The number of carbonyl (C=O) groups excluding carboxylic acids is 3. The molecule has 1 heterocycles. The van der Waals surface area contributed by atoms with Gasteiger partial charge in [-0.05, 0) is 54.5 Å². The summed E-state index contributed by atoms with van der Waals surface area (Å²) >= 11 is 0. The maximum absolute atomic E-state index is 13.5. The van der Waals surface area contributed by atoms with E-state index >= 15 is 0 Å². The molecule has 3 aliphatic rings. The SMILES string of the molecule is O=C1N[C@@]2(CCc3ccccc32)C(=O)N1CC(=O)N(Cc1ccc(F)cc1)C1CCCCC1. The number of hydrogen-bond donors (Lipinski definition) is 1. The van der Waals surface area contributed by atoms with Crippen molar-refractivity contribution >= 4 is 17.8 Å². The fourth-order valence-electron chi connectivity index (χ4n) is 5.56. The van der Waals surface area contributed by atoms with Gasteiger partial charge in [-0.1, -0.05) is 55.7 Å². The van der Waals surface area contributed by atoms with Crippen LogP contribution in [0.4, 0.5) is 9.18 Å². The van der Waals surface area contributed by atoms with Gasteiger partial charge in [-0.15, -0.1) is 0 Å². The first-order valence-electron chi connectivity index (χ1n) is 11.7. The summed E-state index contributed by atoms with van der Waals surface area (Å²) in [7, 11) is 0. The van der Waals surface area contributed by atoms with Crippen molar-refractivity contribution in [1.82, 2.24) is 15.1 Å². The number of nitrogens with one attached hydrogen (secondary N) is 1. The van der Waals surface area contributed by atoms with Crippen LogP contribution in [-0.2, 0) is 28.1 Å². The largest absolute Gasteiger partial charge is 0.334 e. The zero-order valence-electron chi connectivity index (χ0n) is 18.6. The summed E-state index contributed by atoms with van der Waals surface area (Å²) in [5, 5.41) is 2.89. The van der Waals surface area contributed by atoms with Crippen molar-refractivity contribution in [2.45, 2.75) is 63.1 Å². The van der Waals surface area contributed by atoms with E-state index in [9.17, 15) is 18.8 Å². The topological polar surface area (TPSA) is 69.7 Å². The molecule has 2 aromatic rings. The highest BCUT2D eigenvalue weighted by molar-refractivity contribution is 6.09. The molecule has 172 valence electrons. The highest BCUT2D eigenvalue weighted by Gasteiger charge is 2.55. The van der Waals surface area contributed by atoms with Crippen LogP contribution in [0.1, 0.15) is 55.2 Å². The lowest BCUT2D eigenvalue weighted by atomic mass is 9.92. The van der Waals surface area contributed by atoms with Crippen LogP contribution in [0, 0.1) is 5.82 Å². The second-order valence-electron chi connectivity index (χ2n) is 9.32. The molecule has 0 radical (unpaired) electrons. The second kappa shape index (κ2) is 8.61. The van der Waals surface area contributed by atoms with Crippen molar-refractivity contribution in [1.29, 1.82) is 0 Å². The smallest absolute Gasteiger partial charge is 0.325 e. The minimum Gasteiger partial charge on any atom is -0.334 e. The Morgan fingerprint density at radius 1 is 1.06 bits per heavy atom. The van der Waals surface area contributed by atoms with Gasteiger partial charge in [-0.3, -0.25) is 14.5 Å². The van der Waals surface area contributed by atoms with E-state index in [2.05, 4.69) is 5.32 Å². The number of hydrogen-bond acceptors (Lipinski definition) is 3. The third-order valence-electron chi connectivity index (χ3n) is 7.32. The third kappa shape index (κ3) is 3.90. The highest BCUT2D eigenvalue weighted by atomic mass is 19.1. The average Bonchev–Trinajstić information content (AvgIpc) is 3.32. The molecule has 1 spiro atoms. The number of carbonyl (C=O) groups is 3. The molecule has 4 amide bonds. The Labute approximate surface area is 192 Å². The van der Waals surface area contributed by atoms with E-state index in [0.717, 1.165) is 53.7 Å². The number of nitrogens with zero attached hydrogens (tertiary/aromatic N) is 2. The molecule has 5 rings (SSSR count). The molecule has 0 aromatic heterocycles. The first-order valence-corrected chi connectivity index (χ1v) is 11.7. The first-order chi connectivity index (χ1) is 16.0. The van der Waals surface area contributed by atoms with E-state index in [0.29, 0.717) is 19.4 Å². The molecule has 1 N–H and O–H groups in total. The zero-order chi connectivity index (χ0) is 23.0. The summed E-state index contributed by atoms with van der Waals surface area (Å²) in [6, 6.07) is 13.3. The lowest BCUT2D eigenvalue weighted by Gasteiger charge is -2.35. The van der Waals surface area contributed by atoms with E-state index < -0.39 is 11.6 Å². The molecule has 7 heteroatoms. The fraction of sp³-hybridized carbons (Fsp3) is 0.423. The Kier molecular flexibility index (Phi) is 5.64. The van der Waals surface area contributed by atoms with Crippen LogP contribution in [0.5, 0.6) is 0 Å². The standard InChI is InChI=1S/C26H28FN3O3/c27-20-12-10-18(11-13-20)16-29(21-7-2-1-3-8-21)23(31)17-30-24(32)26(28-25(30)33)15-14-19-6-4-5-9-22(19)26/h4-6,9-13,21H,1-3,7-8,14-17H2,(H,28,33)/t26-/m1/s1. The Bertz CT molecular complexity index is 1080. The third-order valence-corrected chi connectivity index (χ3v) is 7.32. The zero-order valence-corrected chi connectivity index (χ0v) is 18.6. The monoisotopic (exact) mass is 449 g/mol. The minimum absolute atomic E-state index is 0.0539. The normalized spacial score (nSPS) is 22.5. The van der Waals surface area contributed by atoms with Gasteiger partial charge in [-0.2, -0.15) is 0 Å². The molecule has 33 heavy (non-hydrogen) atoms. The highest BCUT2D eigenvalue weighted by Crippen LogP contribution is 2.41. The Morgan fingerprint density at radius 2 is 1.79 bits per heavy atom. The van der Waals surface area contributed by atoms with Gasteiger partial charge in [0.15, 0.2) is 0 Å². The number of halogens is 1. The number of imide groups is 1. The van der Waals surface area contributed by atoms with E-state index in [1.165, 1.54) is 12.1 Å². The van der Waals surface area contributed by atoms with Crippen molar-refractivity contribution in [3.05, 3.63) is 71.0 Å². The second-order valence-corrected chi connectivity index (χ2v) is 9.32. The quantitative estimate of drug-likeness (QED) is 0.705. The summed E-state index contributed by atoms with van der Waals surface area (Å²) in [6.07, 6.45) is 6.23. The van der Waals surface area contributed by atoms with Crippen LogP contribution < -0.4 is 5.32 Å². The lowest BCUT2D eigenvalue weighted by molar-refractivity contribution is -0.141. The van der Waals surface area contributed by atoms with Gasteiger partial charge in [-0.25, -0.2) is 9.18 Å². The molecule has 1 aliphatic heterocycles. The molecular weight excluding hydrogens is 421 g/mol. The predicted octanol–water partition coefficient (Wildman–Crippen LogP) is 3.88. The minimum atomic E-state index is -1.07. The van der Waals surface area contributed by atoms with Crippen molar-refractivity contribution in [2.75, 3.05) is 6.54 Å². The van der Waals surface area contributed by atoms with Crippen molar-refractivity contribution in [3.8, 4) is 0 Å². The van der Waals surface area contributed by atoms with E-state index in [-0.39, 0.29) is 30.2 Å². The Hall–Kier alpha value is -3.22. The van der Waals surface area contributed by atoms with Gasteiger partial charge in [0.1, 0.15) is 17.9 Å². The van der Waals surface area contributed by atoms with Gasteiger partial charge in [0.05, 0.1) is 0 Å². The van der Waals surface area contributed by atoms with Gasteiger partial charge in [0, 0.05) is 12.6 Å². The molecular formula is C26H28FN3O3. The van der Waals surface area contributed by atoms with Crippen LogP contribution in [0.2, 0.25) is 0 Å². The number of amides is 4. The van der Waals surface area contributed by atoms with Gasteiger partial charge in [0.2, 0.25) is 5.91 Å². The molecule has 0 bridgehead atoms. The molecule has 1 saturated carbocycles. The van der Waals surface area contributed by atoms with Crippen LogP contribution >= 0.6 is 0 Å². The number of fused-ring (bicyclic) bond motifs is 2. The molecule has 6 nitrogen and oxygen atoms in total. The van der Waals surface area contributed by atoms with Crippen LogP contribution in [-0.4, -0.2) is 40.2 Å². The van der Waals surface area contributed by atoms with Crippen molar-refractivity contribution in [3.63, 3.8) is 0 Å². The first kappa shape index (κ1) is 21.6. The molecule has 1 atom stereocenters. The fourth-order valence-corrected chi connectivity index (χ4v) is 5.56.